The summed E-state index contributed by atoms with van der Waals surface area (Å²) in [6, 6.07) is 10.3. The zero-order valence-electron chi connectivity index (χ0n) is 19.7. The second kappa shape index (κ2) is 9.39. The zero-order valence-corrected chi connectivity index (χ0v) is 21.3. The highest BCUT2D eigenvalue weighted by atomic mass is 32.2. The van der Waals surface area contributed by atoms with E-state index in [1.54, 1.807) is 29.9 Å². The Kier molecular flexibility index (Phi) is 6.51. The van der Waals surface area contributed by atoms with Gasteiger partial charge in [-0.25, -0.2) is 13.4 Å². The fourth-order valence-electron chi connectivity index (χ4n) is 4.51. The largest absolute Gasteiger partial charge is 0.421 e. The standard InChI is InChI=1S/C24H24F3N5O3S2/c1-23(33,24(25,26)27)17-4-6-18(7-5-17)32-13-12-31(37(34,35)21-3-2-14-36-21)16-19(32)15-30-11-8-20-22(30)29-10-9-28-20/h2-11,14,19,33H,12-13,15-16H2,1H3. The Balaban J connectivity index is 1.47. The Labute approximate surface area is 215 Å². The number of sulfonamides is 1. The van der Waals surface area contributed by atoms with Crippen LogP contribution in [0.1, 0.15) is 12.5 Å². The molecule has 196 valence electrons. The van der Waals surface area contributed by atoms with Crippen molar-refractivity contribution in [3.63, 3.8) is 0 Å². The fourth-order valence-corrected chi connectivity index (χ4v) is 7.12. The van der Waals surface area contributed by atoms with E-state index < -0.39 is 21.8 Å². The fraction of sp³-hybridized carbons (Fsp3) is 0.333. The monoisotopic (exact) mass is 551 g/mol. The van der Waals surface area contributed by atoms with Gasteiger partial charge in [-0.15, -0.1) is 11.3 Å². The number of anilines is 1. The molecular weight excluding hydrogens is 527 g/mol. The van der Waals surface area contributed by atoms with E-state index in [0.717, 1.165) is 18.3 Å². The maximum atomic E-state index is 13.3. The second-order valence-electron chi connectivity index (χ2n) is 8.99. The van der Waals surface area contributed by atoms with Gasteiger partial charge in [0.1, 0.15) is 9.73 Å². The highest BCUT2D eigenvalue weighted by molar-refractivity contribution is 7.91. The summed E-state index contributed by atoms with van der Waals surface area (Å²) in [5.41, 5.74) is -1.28. The lowest BCUT2D eigenvalue weighted by molar-refractivity contribution is -0.258. The van der Waals surface area contributed by atoms with E-state index >= 15 is 0 Å². The second-order valence-corrected chi connectivity index (χ2v) is 12.1. The minimum Gasteiger partial charge on any atom is -0.376 e. The predicted octanol–water partition coefficient (Wildman–Crippen LogP) is 3.84. The normalized spacial score (nSPS) is 19.3. The van der Waals surface area contributed by atoms with Crippen molar-refractivity contribution in [2.24, 2.45) is 0 Å². The van der Waals surface area contributed by atoms with Crippen molar-refractivity contribution in [2.45, 2.75) is 35.5 Å². The topological polar surface area (TPSA) is 91.6 Å². The number of aliphatic hydroxyl groups is 1. The van der Waals surface area contributed by atoms with Gasteiger partial charge in [0.15, 0.2) is 11.2 Å². The van der Waals surface area contributed by atoms with Crippen molar-refractivity contribution in [3.8, 4) is 0 Å². The Morgan fingerprint density at radius 3 is 2.49 bits per heavy atom. The van der Waals surface area contributed by atoms with Gasteiger partial charge >= 0.3 is 6.18 Å². The molecule has 0 saturated carbocycles. The van der Waals surface area contributed by atoms with Crippen LogP contribution in [0, 0.1) is 0 Å². The van der Waals surface area contributed by atoms with Gasteiger partial charge in [0, 0.05) is 50.5 Å². The molecule has 0 radical (unpaired) electrons. The van der Waals surface area contributed by atoms with Gasteiger partial charge in [-0.3, -0.25) is 4.98 Å². The van der Waals surface area contributed by atoms with Crippen LogP contribution >= 0.6 is 11.3 Å². The minimum atomic E-state index is -4.82. The van der Waals surface area contributed by atoms with Crippen molar-refractivity contribution in [3.05, 3.63) is 72.0 Å². The molecular formula is C24H24F3N5O3S2. The quantitative estimate of drug-likeness (QED) is 0.392. The number of hydrogen-bond donors (Lipinski definition) is 1. The maximum absolute atomic E-state index is 13.3. The summed E-state index contributed by atoms with van der Waals surface area (Å²) in [4.78, 5) is 10.7. The Morgan fingerprint density at radius 2 is 1.81 bits per heavy atom. The lowest BCUT2D eigenvalue weighted by Crippen LogP contribution is -2.56. The number of thiophene rings is 1. The Morgan fingerprint density at radius 1 is 1.08 bits per heavy atom. The molecule has 8 nitrogen and oxygen atoms in total. The first kappa shape index (κ1) is 25.6. The van der Waals surface area contributed by atoms with Crippen molar-refractivity contribution in [1.29, 1.82) is 0 Å². The highest BCUT2D eigenvalue weighted by Gasteiger charge is 2.51. The Bertz CT molecular complexity index is 1490. The number of fused-ring (bicyclic) bond motifs is 1. The number of halogens is 3. The van der Waals surface area contributed by atoms with Crippen LogP contribution in [-0.4, -0.2) is 64.2 Å². The van der Waals surface area contributed by atoms with Gasteiger partial charge in [-0.2, -0.15) is 17.5 Å². The molecule has 3 aromatic heterocycles. The van der Waals surface area contributed by atoms with Crippen LogP contribution in [0.5, 0.6) is 0 Å². The van der Waals surface area contributed by atoms with Crippen molar-refractivity contribution < 1.29 is 26.7 Å². The molecule has 37 heavy (non-hydrogen) atoms. The summed E-state index contributed by atoms with van der Waals surface area (Å²) in [5, 5.41) is 11.7. The molecule has 1 fully saturated rings. The van der Waals surface area contributed by atoms with E-state index in [1.807, 2.05) is 21.7 Å². The summed E-state index contributed by atoms with van der Waals surface area (Å²) in [7, 11) is -3.69. The number of alkyl halides is 3. The smallest absolute Gasteiger partial charge is 0.376 e. The van der Waals surface area contributed by atoms with Crippen molar-refractivity contribution in [1.82, 2.24) is 18.8 Å². The molecule has 0 bridgehead atoms. The third-order valence-corrected chi connectivity index (χ3v) is 9.88. The molecule has 13 heteroatoms. The first-order chi connectivity index (χ1) is 17.5. The van der Waals surface area contributed by atoms with Crippen LogP contribution in [0.25, 0.3) is 11.2 Å². The summed E-state index contributed by atoms with van der Waals surface area (Å²) < 4.78 is 70.0. The van der Waals surface area contributed by atoms with Crippen molar-refractivity contribution in [2.75, 3.05) is 24.5 Å². The molecule has 1 aliphatic rings. The zero-order chi connectivity index (χ0) is 26.4. The van der Waals surface area contributed by atoms with Crippen LogP contribution in [0.15, 0.2) is 70.6 Å². The van der Waals surface area contributed by atoms with Gasteiger partial charge in [0.25, 0.3) is 10.0 Å². The van der Waals surface area contributed by atoms with Gasteiger partial charge in [0.2, 0.25) is 0 Å². The lowest BCUT2D eigenvalue weighted by atomic mass is 9.95. The van der Waals surface area contributed by atoms with Crippen LogP contribution in [0.3, 0.4) is 0 Å². The molecule has 5 rings (SSSR count). The number of aromatic nitrogens is 3. The summed E-state index contributed by atoms with van der Waals surface area (Å²) in [5.74, 6) is 0. The average Bonchev–Trinajstić information content (AvgIpc) is 3.55. The van der Waals surface area contributed by atoms with E-state index in [0.29, 0.717) is 29.9 Å². The van der Waals surface area contributed by atoms with Gasteiger partial charge in [0.05, 0.1) is 6.04 Å². The van der Waals surface area contributed by atoms with Gasteiger partial charge in [-0.05, 0) is 42.1 Å². The molecule has 2 atom stereocenters. The maximum Gasteiger partial charge on any atom is 0.421 e. The molecule has 1 saturated heterocycles. The molecule has 2 unspecified atom stereocenters. The predicted molar refractivity (Wildman–Crippen MR) is 134 cm³/mol. The van der Waals surface area contributed by atoms with Crippen LogP contribution in [-0.2, 0) is 22.2 Å². The minimum absolute atomic E-state index is 0.169. The molecule has 0 aliphatic carbocycles. The molecule has 0 spiro atoms. The molecule has 0 amide bonds. The molecule has 1 aromatic carbocycles. The molecule has 1 N–H and O–H groups in total. The molecule has 4 heterocycles. The Hall–Kier alpha value is -3.00. The first-order valence-electron chi connectivity index (χ1n) is 11.4. The number of benzene rings is 1. The number of piperazine rings is 1. The van der Waals surface area contributed by atoms with Gasteiger partial charge in [-0.1, -0.05) is 18.2 Å². The van der Waals surface area contributed by atoms with E-state index in [4.69, 9.17) is 0 Å². The van der Waals surface area contributed by atoms with E-state index in [1.165, 1.54) is 28.6 Å². The lowest BCUT2D eigenvalue weighted by Gasteiger charge is -2.42. The van der Waals surface area contributed by atoms with E-state index in [2.05, 4.69) is 9.97 Å². The summed E-state index contributed by atoms with van der Waals surface area (Å²) in [6.45, 7) is 1.81. The average molecular weight is 552 g/mol. The van der Waals surface area contributed by atoms with Crippen LogP contribution in [0.4, 0.5) is 18.9 Å². The summed E-state index contributed by atoms with van der Waals surface area (Å²) >= 11 is 1.15. The van der Waals surface area contributed by atoms with E-state index in [-0.39, 0.29) is 28.9 Å². The number of hydrogen-bond acceptors (Lipinski definition) is 7. The van der Waals surface area contributed by atoms with Crippen molar-refractivity contribution >= 4 is 38.2 Å². The SMILES string of the molecule is CC(O)(c1ccc(N2CCN(S(=O)(=O)c3cccs3)CC2Cn2ccc3nccnc32)cc1)C(F)(F)F. The van der Waals surface area contributed by atoms with E-state index in [9.17, 15) is 26.7 Å². The van der Waals surface area contributed by atoms with Gasteiger partial charge < -0.3 is 14.6 Å². The number of rotatable bonds is 6. The number of nitrogens with zero attached hydrogens (tertiary/aromatic N) is 5. The molecule has 4 aromatic rings. The van der Waals surface area contributed by atoms with Crippen LogP contribution < -0.4 is 4.90 Å². The first-order valence-corrected chi connectivity index (χ1v) is 13.8. The third kappa shape index (κ3) is 4.72. The van der Waals surface area contributed by atoms with Crippen LogP contribution in [0.2, 0.25) is 0 Å². The third-order valence-electron chi connectivity index (χ3n) is 6.65. The molecule has 1 aliphatic heterocycles. The summed E-state index contributed by atoms with van der Waals surface area (Å²) in [6.07, 6.45) is 0.178. The highest BCUT2D eigenvalue weighted by Crippen LogP contribution is 2.39.